The van der Waals surface area contributed by atoms with E-state index >= 15 is 0 Å². The predicted molar refractivity (Wildman–Crippen MR) is 95.5 cm³/mol. The van der Waals surface area contributed by atoms with Gasteiger partial charge in [-0.15, -0.1) is 10.2 Å². The molecule has 3 aromatic rings. The van der Waals surface area contributed by atoms with Crippen LogP contribution < -0.4 is 10.6 Å². The monoisotopic (exact) mass is 442 g/mol. The zero-order chi connectivity index (χ0) is 17.6. The summed E-state index contributed by atoms with van der Waals surface area (Å²) in [6, 6.07) is 6.70. The van der Waals surface area contributed by atoms with Crippen molar-refractivity contribution in [2.75, 3.05) is 11.1 Å². The molecule has 0 atom stereocenters. The van der Waals surface area contributed by atoms with Crippen LogP contribution in [0.2, 0.25) is 0 Å². The molecule has 0 bridgehead atoms. The first-order chi connectivity index (χ1) is 12.1. The third kappa shape index (κ3) is 5.18. The van der Waals surface area contributed by atoms with E-state index in [1.807, 2.05) is 0 Å². The Bertz CT molecular complexity index is 862. The van der Waals surface area contributed by atoms with E-state index in [2.05, 4.69) is 36.8 Å². The van der Waals surface area contributed by atoms with E-state index in [0.29, 0.717) is 26.4 Å². The molecule has 0 saturated carbocycles. The van der Waals surface area contributed by atoms with Gasteiger partial charge in [-0.05, 0) is 40.2 Å². The second-order valence-electron chi connectivity index (χ2n) is 4.58. The van der Waals surface area contributed by atoms with Crippen LogP contribution in [0.15, 0.2) is 48.4 Å². The highest BCUT2D eigenvalue weighted by atomic mass is 79.9. The Morgan fingerprint density at radius 3 is 2.88 bits per heavy atom. The molecule has 8 nitrogen and oxygen atoms in total. The number of furan rings is 2. The summed E-state index contributed by atoms with van der Waals surface area (Å²) in [5.74, 6) is 0.462. The highest BCUT2D eigenvalue weighted by Crippen LogP contribution is 2.26. The number of carbonyl (C=O) groups is 2. The van der Waals surface area contributed by atoms with Gasteiger partial charge in [0.1, 0.15) is 5.76 Å². The van der Waals surface area contributed by atoms with Gasteiger partial charge in [0.2, 0.25) is 11.0 Å². The van der Waals surface area contributed by atoms with Gasteiger partial charge in [-0.3, -0.25) is 14.9 Å². The van der Waals surface area contributed by atoms with Gasteiger partial charge in [-0.25, -0.2) is 0 Å². The third-order valence-electron chi connectivity index (χ3n) is 2.79. The van der Waals surface area contributed by atoms with Gasteiger partial charge in [0, 0.05) is 0 Å². The molecule has 2 N–H and O–H groups in total. The van der Waals surface area contributed by atoms with Crippen molar-refractivity contribution in [1.82, 2.24) is 15.5 Å². The molecule has 130 valence electrons. The molecule has 0 aliphatic heterocycles. The van der Waals surface area contributed by atoms with Crippen LogP contribution >= 0.6 is 39.0 Å². The van der Waals surface area contributed by atoms with Gasteiger partial charge in [-0.2, -0.15) is 0 Å². The standard InChI is InChI=1S/C14H11BrN4O4S2/c15-10-4-3-9(23-10)12(21)17-13-18-19-14(25-13)24-7-11(20)16-6-8-2-1-5-22-8/h1-5H,6-7H2,(H,16,20)(H,17,18,21). The maximum atomic E-state index is 11.9. The molecular weight excluding hydrogens is 432 g/mol. The molecule has 0 spiro atoms. The van der Waals surface area contributed by atoms with E-state index < -0.39 is 5.91 Å². The molecule has 0 unspecified atom stereocenters. The molecule has 0 aliphatic carbocycles. The number of carbonyl (C=O) groups excluding carboxylic acids is 2. The second kappa shape index (κ2) is 8.32. The Kier molecular flexibility index (Phi) is 5.89. The molecule has 0 aliphatic rings. The normalized spacial score (nSPS) is 10.6. The molecule has 0 saturated heterocycles. The molecular formula is C14H11BrN4O4S2. The fourth-order valence-electron chi connectivity index (χ4n) is 1.69. The summed E-state index contributed by atoms with van der Waals surface area (Å²) in [4.78, 5) is 23.7. The number of halogens is 1. The highest BCUT2D eigenvalue weighted by Gasteiger charge is 2.14. The Morgan fingerprint density at radius 1 is 1.28 bits per heavy atom. The molecule has 3 aromatic heterocycles. The topological polar surface area (TPSA) is 110 Å². The van der Waals surface area contributed by atoms with Crippen molar-refractivity contribution in [3.63, 3.8) is 0 Å². The lowest BCUT2D eigenvalue weighted by atomic mass is 10.4. The Balaban J connectivity index is 1.45. The Hall–Kier alpha value is -2.11. The van der Waals surface area contributed by atoms with E-state index in [4.69, 9.17) is 8.83 Å². The second-order valence-corrected chi connectivity index (χ2v) is 7.56. The average Bonchev–Trinajstić information content (AvgIpc) is 3.33. The van der Waals surface area contributed by atoms with Crippen LogP contribution in [0.1, 0.15) is 16.3 Å². The molecule has 0 fully saturated rings. The summed E-state index contributed by atoms with van der Waals surface area (Å²) in [7, 11) is 0. The number of hydrogen-bond donors (Lipinski definition) is 2. The lowest BCUT2D eigenvalue weighted by Crippen LogP contribution is -2.24. The van der Waals surface area contributed by atoms with Crippen LogP contribution in [-0.4, -0.2) is 27.8 Å². The van der Waals surface area contributed by atoms with E-state index in [1.165, 1.54) is 23.1 Å². The third-order valence-corrected chi connectivity index (χ3v) is 5.19. The molecule has 3 heterocycles. The predicted octanol–water partition coefficient (Wildman–Crippen LogP) is 3.15. The van der Waals surface area contributed by atoms with E-state index in [0.717, 1.165) is 0 Å². The van der Waals surface area contributed by atoms with Crippen molar-refractivity contribution < 1.29 is 18.4 Å². The van der Waals surface area contributed by atoms with E-state index in [9.17, 15) is 9.59 Å². The maximum Gasteiger partial charge on any atom is 0.293 e. The van der Waals surface area contributed by atoms with Crippen LogP contribution in [0.25, 0.3) is 0 Å². The fourth-order valence-corrected chi connectivity index (χ4v) is 3.57. The van der Waals surface area contributed by atoms with Crippen LogP contribution in [0, 0.1) is 0 Å². The van der Waals surface area contributed by atoms with Crippen molar-refractivity contribution in [1.29, 1.82) is 0 Å². The molecule has 25 heavy (non-hydrogen) atoms. The van der Waals surface area contributed by atoms with Crippen molar-refractivity contribution in [2.24, 2.45) is 0 Å². The number of nitrogens with one attached hydrogen (secondary N) is 2. The van der Waals surface area contributed by atoms with Gasteiger partial charge in [-0.1, -0.05) is 23.1 Å². The van der Waals surface area contributed by atoms with Crippen molar-refractivity contribution >= 4 is 56.0 Å². The average molecular weight is 443 g/mol. The number of hydrogen-bond acceptors (Lipinski definition) is 8. The van der Waals surface area contributed by atoms with E-state index in [-0.39, 0.29) is 17.4 Å². The first-order valence-corrected chi connectivity index (χ1v) is 9.52. The number of anilines is 1. The lowest BCUT2D eigenvalue weighted by Gasteiger charge is -2.01. The highest BCUT2D eigenvalue weighted by molar-refractivity contribution is 9.10. The summed E-state index contributed by atoms with van der Waals surface area (Å²) >= 11 is 5.54. The smallest absolute Gasteiger partial charge is 0.293 e. The van der Waals surface area contributed by atoms with Gasteiger partial charge in [0.15, 0.2) is 14.8 Å². The van der Waals surface area contributed by atoms with Gasteiger partial charge < -0.3 is 14.2 Å². The van der Waals surface area contributed by atoms with Crippen LogP contribution in [0.5, 0.6) is 0 Å². The fraction of sp³-hybridized carbons (Fsp3) is 0.143. The molecule has 0 aromatic carbocycles. The molecule has 2 amide bonds. The number of rotatable bonds is 7. The molecule has 0 radical (unpaired) electrons. The summed E-state index contributed by atoms with van der Waals surface area (Å²) in [5.41, 5.74) is 0. The number of nitrogens with zero attached hydrogens (tertiary/aromatic N) is 2. The number of thioether (sulfide) groups is 1. The Morgan fingerprint density at radius 2 is 2.16 bits per heavy atom. The first-order valence-electron chi connectivity index (χ1n) is 6.92. The minimum atomic E-state index is -0.422. The molecule has 3 rings (SSSR count). The zero-order valence-corrected chi connectivity index (χ0v) is 15.7. The summed E-state index contributed by atoms with van der Waals surface area (Å²) in [5, 5.41) is 13.4. The van der Waals surface area contributed by atoms with Crippen LogP contribution in [0.4, 0.5) is 5.13 Å². The minimum Gasteiger partial charge on any atom is -0.467 e. The largest absolute Gasteiger partial charge is 0.467 e. The number of amides is 2. The quantitative estimate of drug-likeness (QED) is 0.426. The van der Waals surface area contributed by atoms with E-state index in [1.54, 1.807) is 30.5 Å². The van der Waals surface area contributed by atoms with Gasteiger partial charge >= 0.3 is 0 Å². The SMILES string of the molecule is O=C(CSc1nnc(NC(=O)c2ccc(Br)o2)s1)NCc1ccco1. The number of aromatic nitrogens is 2. The van der Waals surface area contributed by atoms with Crippen molar-refractivity contribution in [2.45, 2.75) is 10.9 Å². The summed E-state index contributed by atoms with van der Waals surface area (Å²) in [6.07, 6.45) is 1.55. The summed E-state index contributed by atoms with van der Waals surface area (Å²) in [6.45, 7) is 0.336. The van der Waals surface area contributed by atoms with Crippen LogP contribution in [0.3, 0.4) is 0 Å². The Labute approximate surface area is 158 Å². The van der Waals surface area contributed by atoms with Gasteiger partial charge in [0.05, 0.1) is 18.6 Å². The van der Waals surface area contributed by atoms with Gasteiger partial charge in [0.25, 0.3) is 5.91 Å². The van der Waals surface area contributed by atoms with Crippen LogP contribution in [-0.2, 0) is 11.3 Å². The zero-order valence-electron chi connectivity index (χ0n) is 12.5. The molecule has 11 heteroatoms. The lowest BCUT2D eigenvalue weighted by molar-refractivity contribution is -0.118. The maximum absolute atomic E-state index is 11.9. The minimum absolute atomic E-state index is 0.150. The summed E-state index contributed by atoms with van der Waals surface area (Å²) < 4.78 is 11.3. The first kappa shape index (κ1) is 17.7. The van der Waals surface area contributed by atoms with Crippen molar-refractivity contribution in [3.05, 3.63) is 46.7 Å². The van der Waals surface area contributed by atoms with Crippen molar-refractivity contribution in [3.8, 4) is 0 Å².